The van der Waals surface area contributed by atoms with Crippen molar-refractivity contribution in [3.8, 4) is 0 Å². The molecule has 0 aromatic carbocycles. The molecule has 1 aromatic rings. The van der Waals surface area contributed by atoms with Crippen molar-refractivity contribution in [2.45, 2.75) is 13.3 Å². The van der Waals surface area contributed by atoms with Gasteiger partial charge in [0.05, 0.1) is 5.69 Å². The van der Waals surface area contributed by atoms with Crippen LogP contribution in [0.2, 0.25) is 10.3 Å². The number of halogens is 2. The summed E-state index contributed by atoms with van der Waals surface area (Å²) in [7, 11) is 0. The van der Waals surface area contributed by atoms with Crippen LogP contribution in [-0.2, 0) is 9.59 Å². The molecule has 1 atom stereocenters. The van der Waals surface area contributed by atoms with E-state index >= 15 is 0 Å². The highest BCUT2D eigenvalue weighted by molar-refractivity contribution is 8.13. The predicted molar refractivity (Wildman–Crippen MR) is 75.7 cm³/mol. The van der Waals surface area contributed by atoms with Crippen molar-refractivity contribution in [3.63, 3.8) is 0 Å². The fourth-order valence-corrected chi connectivity index (χ4v) is 2.92. The average Bonchev–Trinajstić information content (AvgIpc) is 2.71. The van der Waals surface area contributed by atoms with Crippen LogP contribution in [-0.4, -0.2) is 33.5 Å². The van der Waals surface area contributed by atoms with Gasteiger partial charge < -0.3 is 4.90 Å². The van der Waals surface area contributed by atoms with Gasteiger partial charge in [-0.1, -0.05) is 35.0 Å². The van der Waals surface area contributed by atoms with Crippen LogP contribution >= 0.6 is 35.0 Å². The molecule has 0 saturated carbocycles. The number of thioether (sulfide) groups is 1. The largest absolute Gasteiger partial charge is 0.309 e. The highest BCUT2D eigenvalue weighted by Gasteiger charge is 2.32. The molecule has 1 aliphatic rings. The van der Waals surface area contributed by atoms with Gasteiger partial charge in [0.15, 0.2) is 15.4 Å². The molecule has 0 bridgehead atoms. The van der Waals surface area contributed by atoms with Crippen molar-refractivity contribution in [1.29, 1.82) is 0 Å². The molecule has 1 fully saturated rings. The number of hydrogen-bond acceptors (Lipinski definition) is 5. The monoisotopic (exact) mass is 319 g/mol. The first-order valence-corrected chi connectivity index (χ1v) is 7.34. The van der Waals surface area contributed by atoms with Gasteiger partial charge in [-0.2, -0.15) is 0 Å². The summed E-state index contributed by atoms with van der Waals surface area (Å²) in [6.45, 7) is 2.03. The molecule has 2 heterocycles. The smallest absolute Gasteiger partial charge is 0.227 e. The minimum atomic E-state index is -0.0416. The van der Waals surface area contributed by atoms with E-state index in [1.54, 1.807) is 4.90 Å². The minimum Gasteiger partial charge on any atom is -0.309 e. The van der Waals surface area contributed by atoms with Gasteiger partial charge in [0.2, 0.25) is 5.91 Å². The van der Waals surface area contributed by atoms with Crippen LogP contribution in [0.3, 0.4) is 0 Å². The van der Waals surface area contributed by atoms with Crippen LogP contribution in [0.4, 0.5) is 5.69 Å². The summed E-state index contributed by atoms with van der Waals surface area (Å²) in [6.07, 6.45) is 0.399. The van der Waals surface area contributed by atoms with E-state index in [2.05, 4.69) is 10.2 Å². The Hall–Kier alpha value is -0.850. The van der Waals surface area contributed by atoms with E-state index in [4.69, 9.17) is 23.2 Å². The van der Waals surface area contributed by atoms with E-state index < -0.39 is 0 Å². The molecular formula is C11H11Cl2N3O2S. The Labute approximate surface area is 124 Å². The maximum atomic E-state index is 12.0. The first-order chi connectivity index (χ1) is 8.97. The van der Waals surface area contributed by atoms with Crippen LogP contribution in [0.5, 0.6) is 0 Å². The second-order valence-electron chi connectivity index (χ2n) is 4.22. The number of carbonyl (C=O) groups is 2. The number of amides is 1. The molecule has 8 heteroatoms. The van der Waals surface area contributed by atoms with Crippen molar-refractivity contribution in [3.05, 3.63) is 16.4 Å². The third kappa shape index (κ3) is 3.58. The van der Waals surface area contributed by atoms with E-state index in [1.807, 2.05) is 0 Å². The Morgan fingerprint density at radius 2 is 2.26 bits per heavy atom. The molecule has 5 nitrogen and oxygen atoms in total. The van der Waals surface area contributed by atoms with Gasteiger partial charge in [-0.05, 0) is 5.92 Å². The van der Waals surface area contributed by atoms with Gasteiger partial charge in [0.25, 0.3) is 0 Å². The number of aromatic nitrogens is 2. The summed E-state index contributed by atoms with van der Waals surface area (Å²) < 4.78 is 0. The average molecular weight is 320 g/mol. The van der Waals surface area contributed by atoms with Crippen LogP contribution < -0.4 is 4.90 Å². The van der Waals surface area contributed by atoms with Crippen LogP contribution in [0, 0.1) is 5.92 Å². The summed E-state index contributed by atoms with van der Waals surface area (Å²) in [6, 6.07) is 1.52. The summed E-state index contributed by atoms with van der Waals surface area (Å²) in [4.78, 5) is 24.5. The highest BCUT2D eigenvalue weighted by atomic mass is 35.5. The third-order valence-corrected chi connectivity index (χ3v) is 4.22. The lowest BCUT2D eigenvalue weighted by Crippen LogP contribution is -2.25. The quantitative estimate of drug-likeness (QED) is 0.856. The predicted octanol–water partition coefficient (Wildman–Crippen LogP) is 2.42. The van der Waals surface area contributed by atoms with E-state index in [-0.39, 0.29) is 27.2 Å². The molecule has 0 spiro atoms. The molecular weight excluding hydrogens is 309 g/mol. The maximum Gasteiger partial charge on any atom is 0.227 e. The number of anilines is 1. The summed E-state index contributed by atoms with van der Waals surface area (Å²) in [5, 5.41) is 7.69. The fraction of sp³-hybridized carbons (Fsp3) is 0.455. The van der Waals surface area contributed by atoms with E-state index in [1.165, 1.54) is 24.8 Å². The zero-order valence-corrected chi connectivity index (χ0v) is 12.4. The molecule has 0 aliphatic carbocycles. The SMILES string of the molecule is CC(=O)SCC1CC(=O)N(c2cc(Cl)nnc2Cl)C1. The molecule has 1 unspecified atom stereocenters. The van der Waals surface area contributed by atoms with Crippen molar-refractivity contribution < 1.29 is 9.59 Å². The number of nitrogens with zero attached hydrogens (tertiary/aromatic N) is 3. The topological polar surface area (TPSA) is 63.2 Å². The summed E-state index contributed by atoms with van der Waals surface area (Å²) >= 11 is 12.9. The van der Waals surface area contributed by atoms with E-state index in [0.29, 0.717) is 24.4 Å². The lowest BCUT2D eigenvalue weighted by Gasteiger charge is -2.17. The van der Waals surface area contributed by atoms with Crippen LogP contribution in [0.25, 0.3) is 0 Å². The van der Waals surface area contributed by atoms with Crippen molar-refractivity contribution in [2.75, 3.05) is 17.2 Å². The Kier molecular flexibility index (Phi) is 4.65. The molecule has 1 saturated heterocycles. The molecule has 1 aromatic heterocycles. The number of carbonyl (C=O) groups excluding carboxylic acids is 2. The van der Waals surface area contributed by atoms with Gasteiger partial charge in [0.1, 0.15) is 0 Å². The highest BCUT2D eigenvalue weighted by Crippen LogP contribution is 2.32. The fourth-order valence-electron chi connectivity index (χ4n) is 1.89. The van der Waals surface area contributed by atoms with Crippen molar-refractivity contribution in [2.24, 2.45) is 5.92 Å². The normalized spacial score (nSPS) is 19.0. The second-order valence-corrected chi connectivity index (χ2v) is 6.16. The molecule has 1 aliphatic heterocycles. The van der Waals surface area contributed by atoms with Crippen LogP contribution in [0.15, 0.2) is 6.07 Å². The van der Waals surface area contributed by atoms with Crippen LogP contribution in [0.1, 0.15) is 13.3 Å². The maximum absolute atomic E-state index is 12.0. The minimum absolute atomic E-state index is 0.0416. The van der Waals surface area contributed by atoms with Gasteiger partial charge in [-0.15, -0.1) is 10.2 Å². The Morgan fingerprint density at radius 3 is 2.95 bits per heavy atom. The zero-order chi connectivity index (χ0) is 14.0. The third-order valence-electron chi connectivity index (χ3n) is 2.72. The lowest BCUT2D eigenvalue weighted by molar-refractivity contribution is -0.117. The van der Waals surface area contributed by atoms with Gasteiger partial charge in [-0.25, -0.2) is 0 Å². The number of rotatable bonds is 3. The van der Waals surface area contributed by atoms with E-state index in [9.17, 15) is 9.59 Å². The van der Waals surface area contributed by atoms with Gasteiger partial charge in [0, 0.05) is 31.7 Å². The van der Waals surface area contributed by atoms with Gasteiger partial charge >= 0.3 is 0 Å². The first kappa shape index (κ1) is 14.6. The van der Waals surface area contributed by atoms with Gasteiger partial charge in [-0.3, -0.25) is 9.59 Å². The Balaban J connectivity index is 2.11. The Morgan fingerprint density at radius 1 is 1.53 bits per heavy atom. The van der Waals surface area contributed by atoms with Crippen molar-refractivity contribution >= 4 is 51.7 Å². The molecule has 0 N–H and O–H groups in total. The van der Waals surface area contributed by atoms with Crippen molar-refractivity contribution in [1.82, 2.24) is 10.2 Å². The zero-order valence-electron chi connectivity index (χ0n) is 10.1. The Bertz CT molecular complexity index is 527. The number of hydrogen-bond donors (Lipinski definition) is 0. The van der Waals surface area contributed by atoms with E-state index in [0.717, 1.165) is 0 Å². The molecule has 0 radical (unpaired) electrons. The second kappa shape index (κ2) is 6.07. The molecule has 19 heavy (non-hydrogen) atoms. The molecule has 1 amide bonds. The lowest BCUT2D eigenvalue weighted by atomic mass is 10.1. The molecule has 2 rings (SSSR count). The first-order valence-electron chi connectivity index (χ1n) is 5.60. The standard InChI is InChI=1S/C11H11Cl2N3O2S/c1-6(17)19-5-7-2-10(18)16(4-7)8-3-9(12)14-15-11(8)13/h3,7H,2,4-5H2,1H3. The molecule has 102 valence electrons. The summed E-state index contributed by atoms with van der Waals surface area (Å²) in [5.41, 5.74) is 0.474. The summed E-state index contributed by atoms with van der Waals surface area (Å²) in [5.74, 6) is 0.714.